The smallest absolute Gasteiger partial charge is 0.294 e. The van der Waals surface area contributed by atoms with Crippen LogP contribution < -0.4 is 29.5 Å². The van der Waals surface area contributed by atoms with Gasteiger partial charge in [-0.05, 0) is 80.0 Å². The van der Waals surface area contributed by atoms with E-state index in [9.17, 15) is 20.1 Å². The normalized spacial score (nSPS) is 20.1. The number of aromatic nitrogens is 2. The highest BCUT2D eigenvalue weighted by Gasteiger charge is 2.56. The van der Waals surface area contributed by atoms with Crippen LogP contribution in [-0.2, 0) is 18.5 Å². The molecule has 4 aliphatic carbocycles. The molecule has 5 aromatic heterocycles. The number of rotatable bonds is 4. The van der Waals surface area contributed by atoms with E-state index in [1.54, 1.807) is 15.9 Å². The number of thiophene rings is 3. The first kappa shape index (κ1) is 36.1. The summed E-state index contributed by atoms with van der Waals surface area (Å²) in [6.07, 6.45) is 17.9. The van der Waals surface area contributed by atoms with Gasteiger partial charge in [-0.3, -0.25) is 9.59 Å². The van der Waals surface area contributed by atoms with Crippen molar-refractivity contribution in [2.75, 3.05) is 0 Å². The van der Waals surface area contributed by atoms with Gasteiger partial charge in [-0.2, -0.15) is 0 Å². The third-order valence-corrected chi connectivity index (χ3v) is 18.2. The lowest BCUT2D eigenvalue weighted by Crippen LogP contribution is -2.32. The molecule has 0 atom stereocenters. The molecule has 0 unspecified atom stereocenters. The molecule has 0 N–H and O–H groups in total. The molecule has 0 bridgehead atoms. The maximum Gasteiger partial charge on any atom is 0.294 e. The van der Waals surface area contributed by atoms with Crippen LogP contribution in [0.3, 0.4) is 0 Å². The Kier molecular flexibility index (Phi) is 8.89. The first-order valence-electron chi connectivity index (χ1n) is 18.7. The first-order valence-corrected chi connectivity index (χ1v) is 22.8. The van der Waals surface area contributed by atoms with Crippen molar-refractivity contribution in [2.24, 2.45) is 5.41 Å². The van der Waals surface area contributed by atoms with Crippen molar-refractivity contribution in [1.29, 1.82) is 10.5 Å². The third kappa shape index (κ3) is 5.11. The van der Waals surface area contributed by atoms with Crippen molar-refractivity contribution in [3.05, 3.63) is 101 Å². The minimum absolute atomic E-state index is 0.0351. The van der Waals surface area contributed by atoms with Gasteiger partial charge < -0.3 is 9.13 Å². The number of nitrogens with zero attached hydrogens (tertiary/aromatic N) is 6. The molecule has 2 spiro atoms. The van der Waals surface area contributed by atoms with Crippen LogP contribution in [0.25, 0.3) is 57.6 Å². The number of hydrogen-bond donors (Lipinski definition) is 0. The molecule has 0 saturated heterocycles. The zero-order valence-corrected chi connectivity index (χ0v) is 34.4. The second-order valence-electron chi connectivity index (χ2n) is 14.7. The van der Waals surface area contributed by atoms with E-state index < -0.39 is 0 Å². The van der Waals surface area contributed by atoms with Crippen molar-refractivity contribution in [3.8, 4) is 12.1 Å². The molecule has 0 aromatic carbocycles. The Morgan fingerprint density at radius 2 is 1.33 bits per heavy atom. The maximum absolute atomic E-state index is 13.8. The van der Waals surface area contributed by atoms with Gasteiger partial charge >= 0.3 is 0 Å². The van der Waals surface area contributed by atoms with Gasteiger partial charge in [-0.15, -0.1) is 56.7 Å². The van der Waals surface area contributed by atoms with E-state index in [4.69, 9.17) is 13.1 Å². The lowest BCUT2D eigenvalue weighted by Gasteiger charge is -2.38. The van der Waals surface area contributed by atoms with Crippen LogP contribution in [0.1, 0.15) is 93.4 Å². The van der Waals surface area contributed by atoms with Crippen LogP contribution in [-0.4, -0.2) is 9.13 Å². The summed E-state index contributed by atoms with van der Waals surface area (Å²) in [6.45, 7) is 19.6. The molecule has 2 saturated carbocycles. The number of fused-ring (bicyclic) bond motifs is 9. The topological polar surface area (TPSA) is 100 Å². The summed E-state index contributed by atoms with van der Waals surface area (Å²) in [5, 5.41) is 19.2. The van der Waals surface area contributed by atoms with E-state index in [0.29, 0.717) is 31.5 Å². The molecular formula is C42H34N6O2S5. The highest BCUT2D eigenvalue weighted by atomic mass is 32.1. The molecule has 274 valence electrons. The van der Waals surface area contributed by atoms with Crippen molar-refractivity contribution in [1.82, 2.24) is 9.13 Å². The number of hydrogen-bond acceptors (Lipinski definition) is 9. The molecule has 55 heavy (non-hydrogen) atoms. The molecule has 5 heterocycles. The maximum atomic E-state index is 13.8. The summed E-state index contributed by atoms with van der Waals surface area (Å²) < 4.78 is 10.3. The zero-order chi connectivity index (χ0) is 38.2. The minimum atomic E-state index is -0.181. The fourth-order valence-corrected chi connectivity index (χ4v) is 16.6. The van der Waals surface area contributed by atoms with E-state index in [1.165, 1.54) is 98.9 Å². The molecule has 8 nitrogen and oxygen atoms in total. The monoisotopic (exact) mass is 814 g/mol. The van der Waals surface area contributed by atoms with E-state index >= 15 is 0 Å². The van der Waals surface area contributed by atoms with Crippen LogP contribution in [0.15, 0.2) is 32.9 Å². The Bertz CT molecular complexity index is 3090. The van der Waals surface area contributed by atoms with Crippen LogP contribution in [0, 0.1) is 41.2 Å². The summed E-state index contributed by atoms with van der Waals surface area (Å²) in [5.41, 5.74) is 5.09. The summed E-state index contributed by atoms with van der Waals surface area (Å²) in [4.78, 5) is 36.4. The molecule has 0 aliphatic heterocycles. The van der Waals surface area contributed by atoms with Crippen LogP contribution in [0.4, 0.5) is 0 Å². The number of allylic oxidation sites excluding steroid dienone is 4. The highest BCUT2D eigenvalue weighted by Crippen LogP contribution is 2.70. The standard InChI is InChI=1S/C42H34N6O2S5/c1-5-47-37(49)29(53-39(47)26(21-43)45-3)18-23-17-25-31(41(23)13-9-7-10-14-41)34-32(42(25)15-11-8-12-16-42)35-36(55-34)33-28(52-35)19-24(51-33)20-30-38(50)48(6-2)40(54-30)27(22-44)46-4/h17-20H,5-16H2,1-2H3/b29-18-,30-20-,39-26+,40-27-. The summed E-state index contributed by atoms with van der Waals surface area (Å²) in [6, 6.07) is 6.16. The molecule has 5 aromatic rings. The van der Waals surface area contributed by atoms with Gasteiger partial charge in [0.15, 0.2) is 0 Å². The predicted octanol–water partition coefficient (Wildman–Crippen LogP) is 7.93. The van der Waals surface area contributed by atoms with Gasteiger partial charge in [0.1, 0.15) is 9.33 Å². The molecule has 0 radical (unpaired) electrons. The molecule has 0 amide bonds. The first-order chi connectivity index (χ1) is 26.8. The third-order valence-electron chi connectivity index (χ3n) is 12.1. The van der Waals surface area contributed by atoms with Gasteiger partial charge in [0.25, 0.3) is 22.5 Å². The van der Waals surface area contributed by atoms with Crippen LogP contribution >= 0.6 is 56.7 Å². The van der Waals surface area contributed by atoms with E-state index in [0.717, 1.165) is 43.4 Å². The van der Waals surface area contributed by atoms with Crippen molar-refractivity contribution in [2.45, 2.75) is 96.6 Å². The quantitative estimate of drug-likeness (QED) is 0.172. The molecule has 2 fully saturated rings. The summed E-state index contributed by atoms with van der Waals surface area (Å²) in [5.74, 6) is 0. The molecular weight excluding hydrogens is 781 g/mol. The van der Waals surface area contributed by atoms with Gasteiger partial charge in [-0.25, -0.2) is 20.2 Å². The van der Waals surface area contributed by atoms with Crippen molar-refractivity contribution < 1.29 is 0 Å². The van der Waals surface area contributed by atoms with Crippen LogP contribution in [0.5, 0.6) is 0 Å². The lowest BCUT2D eigenvalue weighted by molar-refractivity contribution is 0.332. The fourth-order valence-electron chi connectivity index (χ4n) is 9.73. The van der Waals surface area contributed by atoms with E-state index in [1.807, 2.05) is 54.7 Å². The summed E-state index contributed by atoms with van der Waals surface area (Å²) in [7, 11) is 0. The van der Waals surface area contributed by atoms with Gasteiger partial charge in [0.2, 0.25) is 0 Å². The largest absolute Gasteiger partial charge is 0.307 e. The Labute approximate surface area is 336 Å². The van der Waals surface area contributed by atoms with Crippen molar-refractivity contribution in [3.63, 3.8) is 0 Å². The van der Waals surface area contributed by atoms with E-state index in [-0.39, 0.29) is 33.3 Å². The predicted molar refractivity (Wildman–Crippen MR) is 227 cm³/mol. The molecule has 9 rings (SSSR count). The average Bonchev–Trinajstić information content (AvgIpc) is 4.05. The Morgan fingerprint density at radius 3 is 1.87 bits per heavy atom. The van der Waals surface area contributed by atoms with Crippen LogP contribution in [0.2, 0.25) is 0 Å². The SMILES string of the molecule is [C-]#[N+]/C(C#N)=c1\s/c(=C\c2cc3sc4c5c(sc4c3s2)C2=C(C=C(/C=c3\s/c(=C(\C#N)[N+]#[C-])n(CC)c3=O)C23CCCCC3)C52CCCCC2)c(=O)n1CC. The average molecular weight is 815 g/mol. The molecule has 13 heteroatoms. The van der Waals surface area contributed by atoms with E-state index in [2.05, 4.69) is 27.9 Å². The number of nitriles is 2. The second-order valence-corrected chi connectivity index (χ2v) is 19.9. The lowest BCUT2D eigenvalue weighted by atomic mass is 9.66. The zero-order valence-electron chi connectivity index (χ0n) is 30.3. The Morgan fingerprint density at radius 1 is 0.764 bits per heavy atom. The number of thiazole rings is 2. The van der Waals surface area contributed by atoms with Gasteiger partial charge in [0.05, 0.1) is 48.4 Å². The Balaban J connectivity index is 1.23. The second kappa shape index (κ2) is 13.6. The Hall–Kier alpha value is -4.60. The summed E-state index contributed by atoms with van der Waals surface area (Å²) >= 11 is 8.02. The molecule has 4 aliphatic rings. The van der Waals surface area contributed by atoms with Gasteiger partial charge in [-0.1, -0.05) is 44.6 Å². The highest BCUT2D eigenvalue weighted by molar-refractivity contribution is 7.39. The minimum Gasteiger partial charge on any atom is -0.307 e. The van der Waals surface area contributed by atoms with Gasteiger partial charge in [0, 0.05) is 38.4 Å². The van der Waals surface area contributed by atoms with Crippen molar-refractivity contribution >= 4 is 105 Å². The fraction of sp³-hybridized carbons (Fsp3) is 0.381.